The zero-order chi connectivity index (χ0) is 17.2. The van der Waals surface area contributed by atoms with Crippen molar-refractivity contribution < 1.29 is 13.2 Å². The number of anilines is 1. The monoisotopic (exact) mass is 350 g/mol. The summed E-state index contributed by atoms with van der Waals surface area (Å²) in [5, 5.41) is 9.91. The van der Waals surface area contributed by atoms with Crippen LogP contribution in [-0.4, -0.2) is 48.7 Å². The van der Waals surface area contributed by atoms with Gasteiger partial charge in [0.25, 0.3) is 15.9 Å². The van der Waals surface area contributed by atoms with Gasteiger partial charge >= 0.3 is 0 Å². The van der Waals surface area contributed by atoms with Crippen molar-refractivity contribution in [3.05, 3.63) is 30.1 Å². The molecule has 0 unspecified atom stereocenters. The third-order valence-electron chi connectivity index (χ3n) is 3.53. The summed E-state index contributed by atoms with van der Waals surface area (Å²) in [5.74, 6) is -0.197. The summed E-state index contributed by atoms with van der Waals surface area (Å²) < 4.78 is 28.3. The van der Waals surface area contributed by atoms with Gasteiger partial charge in [-0.2, -0.15) is 14.8 Å². The van der Waals surface area contributed by atoms with E-state index in [9.17, 15) is 13.2 Å². The van der Waals surface area contributed by atoms with E-state index in [4.69, 9.17) is 0 Å². The summed E-state index contributed by atoms with van der Waals surface area (Å²) in [7, 11) is -3.78. The Bertz CT molecular complexity index is 861. The molecule has 128 valence electrons. The molecule has 1 aromatic heterocycles. The number of carbonyl (C=O) groups is 1. The molecule has 2 aromatic rings. The van der Waals surface area contributed by atoms with Crippen molar-refractivity contribution in [2.24, 2.45) is 0 Å². The highest BCUT2D eigenvalue weighted by Gasteiger charge is 2.29. The molecule has 1 aliphatic rings. The lowest BCUT2D eigenvalue weighted by Gasteiger charge is -2.19. The number of nitrogens with one attached hydrogen (secondary N) is 3. The van der Waals surface area contributed by atoms with Crippen LogP contribution in [-0.2, 0) is 10.0 Å². The summed E-state index contributed by atoms with van der Waals surface area (Å²) in [6.45, 7) is 4.08. The average Bonchev–Trinajstić information content (AvgIpc) is 3.01. The van der Waals surface area contributed by atoms with E-state index in [1.165, 1.54) is 17.1 Å². The maximum atomic E-state index is 12.3. The van der Waals surface area contributed by atoms with Crippen LogP contribution in [0.15, 0.2) is 29.4 Å². The Hall–Kier alpha value is -2.46. The lowest BCUT2D eigenvalue weighted by molar-refractivity contribution is 0.0953. The zero-order valence-electron chi connectivity index (χ0n) is 13.1. The molecule has 0 saturated carbocycles. The Kier molecular flexibility index (Phi) is 4.49. The standard InChI is InChI=1S/C14H18N6O3S/c1-2-5-15-6-7-16-13(21)10-3-4-11-12(8-10)24(22,23)19-14-17-9-18-20(11)14/h3-4,8-9,15H,2,5-7H2,1H3,(H,16,21)(H,17,18,19). The Morgan fingerprint density at radius 2 is 2.12 bits per heavy atom. The number of carbonyl (C=O) groups excluding carboxylic acids is 1. The summed E-state index contributed by atoms with van der Waals surface area (Å²) in [4.78, 5) is 16.0. The number of benzene rings is 1. The minimum atomic E-state index is -3.78. The van der Waals surface area contributed by atoms with E-state index in [1.807, 2.05) is 0 Å². The van der Waals surface area contributed by atoms with Gasteiger partial charge < -0.3 is 10.6 Å². The van der Waals surface area contributed by atoms with E-state index in [0.717, 1.165) is 13.0 Å². The van der Waals surface area contributed by atoms with E-state index < -0.39 is 10.0 Å². The van der Waals surface area contributed by atoms with Crippen molar-refractivity contribution in [2.45, 2.75) is 18.2 Å². The van der Waals surface area contributed by atoms with Crippen molar-refractivity contribution in [2.75, 3.05) is 24.4 Å². The second-order valence-corrected chi connectivity index (χ2v) is 6.94. The number of aromatic nitrogens is 3. The number of hydrogen-bond donors (Lipinski definition) is 3. The van der Waals surface area contributed by atoms with Crippen molar-refractivity contribution in [1.82, 2.24) is 25.4 Å². The molecule has 0 bridgehead atoms. The van der Waals surface area contributed by atoms with E-state index >= 15 is 0 Å². The Balaban J connectivity index is 1.80. The third kappa shape index (κ3) is 3.10. The molecule has 0 fully saturated rings. The molecule has 1 aromatic carbocycles. The molecule has 1 aliphatic heterocycles. The van der Waals surface area contributed by atoms with Gasteiger partial charge in [0.05, 0.1) is 5.69 Å². The van der Waals surface area contributed by atoms with Crippen LogP contribution in [0.3, 0.4) is 0 Å². The lowest BCUT2D eigenvalue weighted by Crippen LogP contribution is -2.32. The van der Waals surface area contributed by atoms with Crippen LogP contribution >= 0.6 is 0 Å². The number of nitrogens with zero attached hydrogens (tertiary/aromatic N) is 3. The highest BCUT2D eigenvalue weighted by Crippen LogP contribution is 2.29. The number of hydrogen-bond acceptors (Lipinski definition) is 6. The van der Waals surface area contributed by atoms with E-state index in [2.05, 4.69) is 32.4 Å². The van der Waals surface area contributed by atoms with E-state index in [-0.39, 0.29) is 22.3 Å². The first kappa shape index (κ1) is 16.4. The second-order valence-electron chi connectivity index (χ2n) is 5.29. The molecule has 1 amide bonds. The normalized spacial score (nSPS) is 14.4. The summed E-state index contributed by atoms with van der Waals surface area (Å²) in [6, 6.07) is 4.47. The minimum absolute atomic E-state index is 0.00254. The average molecular weight is 350 g/mol. The first-order valence-electron chi connectivity index (χ1n) is 7.59. The van der Waals surface area contributed by atoms with Crippen LogP contribution in [0.2, 0.25) is 0 Å². The van der Waals surface area contributed by atoms with Crippen molar-refractivity contribution >= 4 is 21.9 Å². The molecule has 9 nitrogen and oxygen atoms in total. The highest BCUT2D eigenvalue weighted by atomic mass is 32.2. The van der Waals surface area contributed by atoms with Gasteiger partial charge in [0.1, 0.15) is 11.2 Å². The molecule has 10 heteroatoms. The Morgan fingerprint density at radius 1 is 1.29 bits per heavy atom. The van der Waals surface area contributed by atoms with Crippen LogP contribution < -0.4 is 15.4 Å². The minimum Gasteiger partial charge on any atom is -0.351 e. The van der Waals surface area contributed by atoms with Crippen molar-refractivity contribution in [3.8, 4) is 5.69 Å². The maximum absolute atomic E-state index is 12.3. The quantitative estimate of drug-likeness (QED) is 0.637. The molecular formula is C14H18N6O3S. The first-order chi connectivity index (χ1) is 11.5. The molecule has 24 heavy (non-hydrogen) atoms. The van der Waals surface area contributed by atoms with Crippen LogP contribution in [0.4, 0.5) is 5.95 Å². The van der Waals surface area contributed by atoms with Gasteiger partial charge in [-0.1, -0.05) is 6.92 Å². The smallest absolute Gasteiger partial charge is 0.266 e. The molecule has 0 spiro atoms. The molecular weight excluding hydrogens is 332 g/mol. The fourth-order valence-corrected chi connectivity index (χ4v) is 3.58. The molecule has 0 saturated heterocycles. The van der Waals surface area contributed by atoms with Crippen molar-refractivity contribution in [1.29, 1.82) is 0 Å². The van der Waals surface area contributed by atoms with Crippen molar-refractivity contribution in [3.63, 3.8) is 0 Å². The number of sulfonamides is 1. The largest absolute Gasteiger partial charge is 0.351 e. The van der Waals surface area contributed by atoms with E-state index in [0.29, 0.717) is 18.8 Å². The van der Waals surface area contributed by atoms with Gasteiger partial charge in [-0.15, -0.1) is 0 Å². The summed E-state index contributed by atoms with van der Waals surface area (Å²) >= 11 is 0. The molecule has 3 rings (SSSR count). The topological polar surface area (TPSA) is 118 Å². The first-order valence-corrected chi connectivity index (χ1v) is 9.07. The fourth-order valence-electron chi connectivity index (χ4n) is 2.38. The fraction of sp³-hybridized carbons (Fsp3) is 0.357. The molecule has 2 heterocycles. The zero-order valence-corrected chi connectivity index (χ0v) is 13.9. The van der Waals surface area contributed by atoms with Gasteiger partial charge in [0, 0.05) is 18.7 Å². The van der Waals surface area contributed by atoms with Gasteiger partial charge in [-0.05, 0) is 31.2 Å². The highest BCUT2D eigenvalue weighted by molar-refractivity contribution is 7.93. The second kappa shape index (κ2) is 6.57. The maximum Gasteiger partial charge on any atom is 0.266 e. The predicted octanol–water partition coefficient (Wildman–Crippen LogP) is 0.111. The summed E-state index contributed by atoms with van der Waals surface area (Å²) in [6.07, 6.45) is 2.28. The molecule has 3 N–H and O–H groups in total. The molecule has 0 aliphatic carbocycles. The van der Waals surface area contributed by atoms with Gasteiger partial charge in [-0.3, -0.25) is 4.79 Å². The third-order valence-corrected chi connectivity index (χ3v) is 4.88. The van der Waals surface area contributed by atoms with Gasteiger partial charge in [0.15, 0.2) is 0 Å². The van der Waals surface area contributed by atoms with Gasteiger partial charge in [-0.25, -0.2) is 13.1 Å². The predicted molar refractivity (Wildman–Crippen MR) is 87.7 cm³/mol. The summed E-state index contributed by atoms with van der Waals surface area (Å²) in [5.41, 5.74) is 0.639. The number of rotatable bonds is 6. The number of fused-ring (bicyclic) bond motifs is 3. The van der Waals surface area contributed by atoms with Gasteiger partial charge in [0.2, 0.25) is 5.95 Å². The van der Waals surface area contributed by atoms with Crippen LogP contribution in [0.1, 0.15) is 23.7 Å². The Morgan fingerprint density at radius 3 is 2.92 bits per heavy atom. The SMILES string of the molecule is CCCNCCNC(=O)c1ccc2c(c1)S(=O)(=O)Nc1ncnn1-2. The molecule has 0 radical (unpaired) electrons. The van der Waals surface area contributed by atoms with Crippen LogP contribution in [0.25, 0.3) is 5.69 Å². The number of amides is 1. The van der Waals surface area contributed by atoms with Crippen LogP contribution in [0.5, 0.6) is 0 Å². The Labute approximate surface area is 139 Å². The molecule has 0 atom stereocenters. The lowest BCUT2D eigenvalue weighted by atomic mass is 10.2. The van der Waals surface area contributed by atoms with E-state index in [1.54, 1.807) is 12.1 Å². The van der Waals surface area contributed by atoms with Crippen LogP contribution in [0, 0.1) is 0 Å².